The molecular formula is C38H62O13. The first kappa shape index (κ1) is 37.4. The van der Waals surface area contributed by atoms with Crippen LogP contribution in [0.2, 0.25) is 0 Å². The van der Waals surface area contributed by atoms with E-state index in [0.717, 1.165) is 51.6 Å². The Bertz CT molecular complexity index is 1250. The number of hydrogen-bond acceptors (Lipinski definition) is 13. The molecule has 4 aliphatic carbocycles. The summed E-state index contributed by atoms with van der Waals surface area (Å²) in [5.74, 6) is 2.39. The average molecular weight is 727 g/mol. The van der Waals surface area contributed by atoms with E-state index < -0.39 is 73.8 Å². The Morgan fingerprint density at radius 3 is 2.18 bits per heavy atom. The second kappa shape index (κ2) is 13.6. The second-order valence-electron chi connectivity index (χ2n) is 18.4. The Balaban J connectivity index is 0.914. The molecule has 0 aromatic heterocycles. The third-order valence-electron chi connectivity index (χ3n) is 15.8. The van der Waals surface area contributed by atoms with Crippen LogP contribution in [-0.2, 0) is 28.4 Å². The van der Waals surface area contributed by atoms with Gasteiger partial charge < -0.3 is 64.2 Å². The van der Waals surface area contributed by atoms with Crippen molar-refractivity contribution < 1.29 is 64.2 Å². The second-order valence-corrected chi connectivity index (χ2v) is 18.4. The van der Waals surface area contributed by atoms with E-state index in [0.29, 0.717) is 48.3 Å². The van der Waals surface area contributed by atoms with E-state index in [9.17, 15) is 35.7 Å². The van der Waals surface area contributed by atoms with Crippen LogP contribution in [0.3, 0.4) is 0 Å². The molecular weight excluding hydrogens is 664 g/mol. The van der Waals surface area contributed by atoms with Crippen molar-refractivity contribution in [3.8, 4) is 0 Å². The molecule has 0 aromatic carbocycles. The van der Waals surface area contributed by atoms with E-state index in [1.54, 1.807) is 0 Å². The molecule has 0 aromatic rings. The molecule has 13 heteroatoms. The van der Waals surface area contributed by atoms with Crippen molar-refractivity contribution in [2.45, 2.75) is 165 Å². The van der Waals surface area contributed by atoms with Gasteiger partial charge in [-0.3, -0.25) is 0 Å². The SMILES string of the molecule is C[C@@H]1CC[C@@]2(OC1)O[C@H]1C[C@H]3[C@@H]4C[C@H](O)[C@H]5C[C@@H](O[C@@H]6O[C@H](CO)[C@@H](O[C@@H]7OC[C@@H](O)[C@H](O)[C@H]7O)[C@H](O)[C@H]6O)CC[C@]5(C)[C@H]4CC[C@]3(C)[C@H]1[C@@H]2C. The van der Waals surface area contributed by atoms with Crippen LogP contribution < -0.4 is 0 Å². The Kier molecular flexibility index (Phi) is 9.97. The summed E-state index contributed by atoms with van der Waals surface area (Å²) in [6.45, 7) is 9.39. The van der Waals surface area contributed by atoms with Gasteiger partial charge in [0.05, 0.1) is 38.1 Å². The van der Waals surface area contributed by atoms with Crippen molar-refractivity contribution in [2.75, 3.05) is 19.8 Å². The molecule has 4 aliphatic heterocycles. The highest BCUT2D eigenvalue weighted by Crippen LogP contribution is 2.71. The Morgan fingerprint density at radius 2 is 1.45 bits per heavy atom. The van der Waals surface area contributed by atoms with Gasteiger partial charge in [-0.1, -0.05) is 27.7 Å². The fraction of sp³-hybridized carbons (Fsp3) is 1.00. The van der Waals surface area contributed by atoms with E-state index in [1.165, 1.54) is 0 Å². The van der Waals surface area contributed by atoms with Crippen molar-refractivity contribution in [3.05, 3.63) is 0 Å². The molecule has 4 saturated heterocycles. The fourth-order valence-corrected chi connectivity index (χ4v) is 13.0. The molecule has 22 atom stereocenters. The van der Waals surface area contributed by atoms with E-state index in [2.05, 4.69) is 27.7 Å². The lowest BCUT2D eigenvalue weighted by Crippen LogP contribution is -2.64. The minimum atomic E-state index is -1.61. The van der Waals surface area contributed by atoms with Gasteiger partial charge >= 0.3 is 0 Å². The average Bonchev–Trinajstić information content (AvgIpc) is 3.55. The fourth-order valence-electron chi connectivity index (χ4n) is 13.0. The van der Waals surface area contributed by atoms with E-state index >= 15 is 0 Å². The maximum absolute atomic E-state index is 11.9. The standard InChI is InChI=1S/C38H62O13/c1-17-5-10-38(47-15-17)18(2)28-26(51-38)13-22-20-12-24(40)23-11-19(6-8-36(23,3)21(20)7-9-37(22,28)4)48-35-32(45)30(43)33(27(14-39)49-35)50-34-31(44)29(42)25(41)16-46-34/h17-35,39-45H,5-16H2,1-4H3/t17-,18+,19+,20-,21+,22+,23-,24+,25-,26+,27-,28+,29+,30-,31-,32-,33-,34+,35-,36-,37+,38-/m1/s1. The molecule has 8 rings (SSSR count). The molecule has 7 N–H and O–H groups in total. The molecule has 0 unspecified atom stereocenters. The lowest BCUT2D eigenvalue weighted by atomic mass is 9.43. The highest BCUT2D eigenvalue weighted by atomic mass is 16.7. The zero-order valence-corrected chi connectivity index (χ0v) is 30.5. The monoisotopic (exact) mass is 726 g/mol. The number of aliphatic hydroxyl groups is 7. The molecule has 4 saturated carbocycles. The van der Waals surface area contributed by atoms with Crippen LogP contribution in [0.15, 0.2) is 0 Å². The van der Waals surface area contributed by atoms with Crippen molar-refractivity contribution in [3.63, 3.8) is 0 Å². The summed E-state index contributed by atoms with van der Waals surface area (Å²) >= 11 is 0. The van der Waals surface area contributed by atoms with Crippen molar-refractivity contribution in [1.29, 1.82) is 0 Å². The summed E-state index contributed by atoms with van der Waals surface area (Å²) in [4.78, 5) is 0. The lowest BCUT2D eigenvalue weighted by molar-refractivity contribution is -0.355. The number of aliphatic hydroxyl groups excluding tert-OH is 7. The predicted octanol–water partition coefficient (Wildman–Crippen LogP) is 1.05. The molecule has 0 bridgehead atoms. The van der Waals surface area contributed by atoms with Gasteiger partial charge in [0.25, 0.3) is 0 Å². The van der Waals surface area contributed by atoms with Gasteiger partial charge in [-0.2, -0.15) is 0 Å². The maximum Gasteiger partial charge on any atom is 0.186 e. The first-order chi connectivity index (χ1) is 24.2. The third-order valence-corrected chi connectivity index (χ3v) is 15.8. The summed E-state index contributed by atoms with van der Waals surface area (Å²) in [6.07, 6.45) is -4.85. The molecule has 292 valence electrons. The van der Waals surface area contributed by atoms with E-state index in [-0.39, 0.29) is 35.6 Å². The summed E-state index contributed by atoms with van der Waals surface area (Å²) < 4.78 is 36.7. The molecule has 1 spiro atoms. The molecule has 8 aliphatic rings. The van der Waals surface area contributed by atoms with Gasteiger partial charge in [0, 0.05) is 12.3 Å². The van der Waals surface area contributed by atoms with Gasteiger partial charge in [-0.15, -0.1) is 0 Å². The normalized spacial score (nSPS) is 59.9. The largest absolute Gasteiger partial charge is 0.394 e. The minimum absolute atomic E-state index is 0.0147. The minimum Gasteiger partial charge on any atom is -0.394 e. The summed E-state index contributed by atoms with van der Waals surface area (Å²) in [5, 5.41) is 74.3. The number of rotatable bonds is 5. The lowest BCUT2D eigenvalue weighted by Gasteiger charge is -2.62. The van der Waals surface area contributed by atoms with Crippen molar-refractivity contribution >= 4 is 0 Å². The zero-order valence-electron chi connectivity index (χ0n) is 30.5. The van der Waals surface area contributed by atoms with Crippen molar-refractivity contribution in [2.24, 2.45) is 52.3 Å². The number of fused-ring (bicyclic) bond motifs is 7. The predicted molar refractivity (Wildman–Crippen MR) is 178 cm³/mol. The van der Waals surface area contributed by atoms with Gasteiger partial charge in [-0.05, 0) is 97.7 Å². The quantitative estimate of drug-likeness (QED) is 0.199. The molecule has 0 amide bonds. The summed E-state index contributed by atoms with van der Waals surface area (Å²) in [5.41, 5.74) is 0.0986. The van der Waals surface area contributed by atoms with Crippen LogP contribution in [-0.4, -0.2) is 135 Å². The molecule has 4 heterocycles. The molecule has 8 fully saturated rings. The molecule has 51 heavy (non-hydrogen) atoms. The van der Waals surface area contributed by atoms with E-state index in [1.807, 2.05) is 0 Å². The highest BCUT2D eigenvalue weighted by Gasteiger charge is 2.70. The van der Waals surface area contributed by atoms with Crippen molar-refractivity contribution in [1.82, 2.24) is 0 Å². The number of hydrogen-bond donors (Lipinski definition) is 7. The third kappa shape index (κ3) is 5.90. The van der Waals surface area contributed by atoms with Crippen LogP contribution in [0.25, 0.3) is 0 Å². The Morgan fingerprint density at radius 1 is 0.706 bits per heavy atom. The van der Waals surface area contributed by atoms with Crippen LogP contribution in [0.1, 0.15) is 85.5 Å². The topological polar surface area (TPSA) is 197 Å². The van der Waals surface area contributed by atoms with Crippen LogP contribution in [0.4, 0.5) is 0 Å². The smallest absolute Gasteiger partial charge is 0.186 e. The molecule has 13 nitrogen and oxygen atoms in total. The van der Waals surface area contributed by atoms with Gasteiger partial charge in [-0.25, -0.2) is 0 Å². The van der Waals surface area contributed by atoms with Crippen LogP contribution in [0.5, 0.6) is 0 Å². The first-order valence-electron chi connectivity index (χ1n) is 19.8. The molecule has 0 radical (unpaired) electrons. The Labute approximate surface area is 300 Å². The van der Waals surface area contributed by atoms with Gasteiger partial charge in [0.2, 0.25) is 0 Å². The first-order valence-corrected chi connectivity index (χ1v) is 19.8. The highest BCUT2D eigenvalue weighted by molar-refractivity contribution is 5.16. The van der Waals surface area contributed by atoms with Crippen LogP contribution >= 0.6 is 0 Å². The maximum atomic E-state index is 11.9. The summed E-state index contributed by atoms with van der Waals surface area (Å²) in [7, 11) is 0. The van der Waals surface area contributed by atoms with E-state index in [4.69, 9.17) is 28.4 Å². The summed E-state index contributed by atoms with van der Waals surface area (Å²) in [6, 6.07) is 0. The van der Waals surface area contributed by atoms with Gasteiger partial charge in [0.1, 0.15) is 42.7 Å². The van der Waals surface area contributed by atoms with Crippen LogP contribution in [0, 0.1) is 52.3 Å². The van der Waals surface area contributed by atoms with Gasteiger partial charge in [0.15, 0.2) is 18.4 Å². The zero-order chi connectivity index (χ0) is 36.2. The Hall–Kier alpha value is -0.520. The number of ether oxygens (including phenoxy) is 6.